The van der Waals surface area contributed by atoms with Gasteiger partial charge in [-0.2, -0.15) is 8.61 Å². The predicted molar refractivity (Wildman–Crippen MR) is 101 cm³/mol. The molecule has 0 unspecified atom stereocenters. The summed E-state index contributed by atoms with van der Waals surface area (Å²) in [6, 6.07) is 2.52. The van der Waals surface area contributed by atoms with Crippen LogP contribution in [0.1, 0.15) is 33.3 Å². The van der Waals surface area contributed by atoms with Crippen molar-refractivity contribution >= 4 is 32.1 Å². The van der Waals surface area contributed by atoms with Crippen LogP contribution in [0, 0.1) is 6.92 Å². The minimum Gasteiger partial charge on any atom is -0.328 e. The first-order chi connectivity index (χ1) is 12.1. The average Bonchev–Trinajstić information content (AvgIpc) is 2.58. The van der Waals surface area contributed by atoms with Crippen molar-refractivity contribution in [1.82, 2.24) is 8.61 Å². The van der Waals surface area contributed by atoms with Crippen LogP contribution in [0.2, 0.25) is 0 Å². The number of nitrogens with zero attached hydrogens (tertiary/aromatic N) is 2. The molecule has 0 radical (unpaired) electrons. The molecule has 0 atom stereocenters. The van der Waals surface area contributed by atoms with Gasteiger partial charge >= 0.3 is 0 Å². The van der Waals surface area contributed by atoms with Crippen molar-refractivity contribution < 1.29 is 21.6 Å². The lowest BCUT2D eigenvalue weighted by molar-refractivity contribution is -0.105. The van der Waals surface area contributed by atoms with Crippen LogP contribution in [0.3, 0.4) is 0 Å². The van der Waals surface area contributed by atoms with Crippen LogP contribution in [0.5, 0.6) is 0 Å². The lowest BCUT2D eigenvalue weighted by Gasteiger charge is -2.24. The van der Waals surface area contributed by atoms with Gasteiger partial charge in [-0.1, -0.05) is 27.7 Å². The number of sulfonamides is 2. The Bertz CT molecular complexity index is 843. The van der Waals surface area contributed by atoms with Gasteiger partial charge in [-0.3, -0.25) is 4.79 Å². The second-order valence-corrected chi connectivity index (χ2v) is 9.37. The van der Waals surface area contributed by atoms with Crippen molar-refractivity contribution in [2.24, 2.45) is 0 Å². The fraction of sp³-hybridized carbons (Fsp3) is 0.562. The van der Waals surface area contributed by atoms with Crippen molar-refractivity contribution in [2.45, 2.75) is 44.4 Å². The maximum atomic E-state index is 13.1. The van der Waals surface area contributed by atoms with Gasteiger partial charge in [-0.25, -0.2) is 16.8 Å². The highest BCUT2D eigenvalue weighted by atomic mass is 32.2. The maximum Gasteiger partial charge on any atom is 0.244 e. The van der Waals surface area contributed by atoms with E-state index in [1.54, 1.807) is 34.6 Å². The van der Waals surface area contributed by atoms with Crippen LogP contribution in [0.4, 0.5) is 5.69 Å². The van der Waals surface area contributed by atoms with Crippen molar-refractivity contribution in [3.8, 4) is 0 Å². The molecule has 26 heavy (non-hydrogen) atoms. The Balaban J connectivity index is 3.86. The van der Waals surface area contributed by atoms with E-state index in [-0.39, 0.29) is 41.7 Å². The topological polar surface area (TPSA) is 104 Å². The van der Waals surface area contributed by atoms with E-state index in [0.29, 0.717) is 12.0 Å². The number of hydrogen-bond acceptors (Lipinski definition) is 5. The summed E-state index contributed by atoms with van der Waals surface area (Å²) in [5.74, 6) is 0. The summed E-state index contributed by atoms with van der Waals surface area (Å²) in [6.45, 7) is 9.19. The van der Waals surface area contributed by atoms with E-state index >= 15 is 0 Å². The lowest BCUT2D eigenvalue weighted by Crippen LogP contribution is -2.35. The zero-order valence-corrected chi connectivity index (χ0v) is 17.4. The molecule has 0 bridgehead atoms. The summed E-state index contributed by atoms with van der Waals surface area (Å²) in [6.07, 6.45) is 0.425. The molecular formula is C16H27N3O5S2. The normalized spacial score (nSPS) is 12.6. The number of carbonyl (C=O) groups is 1. The van der Waals surface area contributed by atoms with Gasteiger partial charge < -0.3 is 5.32 Å². The molecule has 0 aliphatic carbocycles. The van der Waals surface area contributed by atoms with E-state index < -0.39 is 20.0 Å². The molecular weight excluding hydrogens is 378 g/mol. The molecule has 0 spiro atoms. The zero-order chi connectivity index (χ0) is 20.1. The molecule has 0 saturated carbocycles. The standard InChI is InChI=1S/C16H27N3O5S2/c1-6-18(7-2)25(21,22)15-10-13(5)14(17-12-20)11-16(15)26(23,24)19(8-3)9-4/h10-12H,6-9H2,1-5H3,(H,17,20). The lowest BCUT2D eigenvalue weighted by atomic mass is 10.2. The van der Waals surface area contributed by atoms with Crippen molar-refractivity contribution in [1.29, 1.82) is 0 Å². The minimum absolute atomic E-state index is 0.202. The minimum atomic E-state index is -4.05. The molecule has 0 saturated heterocycles. The summed E-state index contributed by atoms with van der Waals surface area (Å²) in [5, 5.41) is 2.43. The summed E-state index contributed by atoms with van der Waals surface area (Å²) in [4.78, 5) is 10.2. The fourth-order valence-electron chi connectivity index (χ4n) is 2.69. The largest absolute Gasteiger partial charge is 0.328 e. The van der Waals surface area contributed by atoms with E-state index in [1.807, 2.05) is 0 Å². The Morgan fingerprint density at radius 2 is 1.23 bits per heavy atom. The molecule has 1 amide bonds. The van der Waals surface area contributed by atoms with E-state index in [1.165, 1.54) is 20.7 Å². The van der Waals surface area contributed by atoms with Gasteiger partial charge in [-0.15, -0.1) is 0 Å². The van der Waals surface area contributed by atoms with Gasteiger partial charge in [0, 0.05) is 31.9 Å². The van der Waals surface area contributed by atoms with Crippen LogP contribution >= 0.6 is 0 Å². The molecule has 0 aliphatic rings. The highest BCUT2D eigenvalue weighted by molar-refractivity contribution is 7.92. The van der Waals surface area contributed by atoms with Crippen LogP contribution in [0.15, 0.2) is 21.9 Å². The second-order valence-electron chi connectivity index (χ2n) is 5.55. The van der Waals surface area contributed by atoms with Crippen LogP contribution < -0.4 is 5.32 Å². The number of hydrogen-bond donors (Lipinski definition) is 1. The van der Waals surface area contributed by atoms with Crippen LogP contribution in [-0.2, 0) is 24.8 Å². The summed E-state index contributed by atoms with van der Waals surface area (Å²) >= 11 is 0. The molecule has 0 fully saturated rings. The number of nitrogens with one attached hydrogen (secondary N) is 1. The average molecular weight is 406 g/mol. The summed E-state index contributed by atoms with van der Waals surface area (Å²) in [7, 11) is -8.06. The van der Waals surface area contributed by atoms with Crippen molar-refractivity contribution in [3.05, 3.63) is 17.7 Å². The fourth-order valence-corrected chi connectivity index (χ4v) is 6.46. The first kappa shape index (κ1) is 22.6. The number of rotatable bonds is 10. The number of benzene rings is 1. The first-order valence-electron chi connectivity index (χ1n) is 8.46. The highest BCUT2D eigenvalue weighted by Crippen LogP contribution is 2.32. The predicted octanol–water partition coefficient (Wildman–Crippen LogP) is 1.62. The first-order valence-corrected chi connectivity index (χ1v) is 11.3. The monoisotopic (exact) mass is 405 g/mol. The van der Waals surface area contributed by atoms with Crippen molar-refractivity contribution in [2.75, 3.05) is 31.5 Å². The third-order valence-electron chi connectivity index (χ3n) is 4.15. The molecule has 0 heterocycles. The number of amides is 1. The van der Waals surface area contributed by atoms with E-state index in [2.05, 4.69) is 5.32 Å². The molecule has 0 aromatic heterocycles. The summed E-state index contributed by atoms with van der Waals surface area (Å²) in [5.41, 5.74) is 0.713. The SMILES string of the molecule is CCN(CC)S(=O)(=O)c1cc(C)c(NC=O)cc1S(=O)(=O)N(CC)CC. The van der Waals surface area contributed by atoms with Crippen LogP contribution in [-0.4, -0.2) is 58.0 Å². The Morgan fingerprint density at radius 1 is 0.846 bits per heavy atom. The quantitative estimate of drug-likeness (QED) is 0.596. The molecule has 8 nitrogen and oxygen atoms in total. The van der Waals surface area contributed by atoms with E-state index in [4.69, 9.17) is 0 Å². The molecule has 1 rings (SSSR count). The van der Waals surface area contributed by atoms with Gasteiger partial charge in [0.15, 0.2) is 0 Å². The third-order valence-corrected chi connectivity index (χ3v) is 8.46. The number of aryl methyl sites for hydroxylation is 1. The Hall–Kier alpha value is -1.49. The molecule has 148 valence electrons. The highest BCUT2D eigenvalue weighted by Gasteiger charge is 2.33. The Labute approximate surface area is 156 Å². The smallest absolute Gasteiger partial charge is 0.244 e. The maximum absolute atomic E-state index is 13.1. The number of carbonyl (C=O) groups excluding carboxylic acids is 1. The molecule has 0 aliphatic heterocycles. The second kappa shape index (κ2) is 8.94. The molecule has 1 aromatic rings. The molecule has 1 aromatic carbocycles. The van der Waals surface area contributed by atoms with Crippen molar-refractivity contribution in [3.63, 3.8) is 0 Å². The van der Waals surface area contributed by atoms with Gasteiger partial charge in [-0.05, 0) is 24.6 Å². The Morgan fingerprint density at radius 3 is 1.58 bits per heavy atom. The van der Waals surface area contributed by atoms with Gasteiger partial charge in [0.25, 0.3) is 0 Å². The Kier molecular flexibility index (Phi) is 7.75. The number of anilines is 1. The third kappa shape index (κ3) is 4.25. The van der Waals surface area contributed by atoms with E-state index in [9.17, 15) is 21.6 Å². The summed E-state index contributed by atoms with van der Waals surface area (Å²) < 4.78 is 54.6. The zero-order valence-electron chi connectivity index (χ0n) is 15.8. The van der Waals surface area contributed by atoms with Gasteiger partial charge in [0.05, 0.1) is 0 Å². The van der Waals surface area contributed by atoms with E-state index in [0.717, 1.165) is 0 Å². The van der Waals surface area contributed by atoms with Crippen LogP contribution in [0.25, 0.3) is 0 Å². The van der Waals surface area contributed by atoms with Gasteiger partial charge in [0.2, 0.25) is 26.5 Å². The molecule has 1 N–H and O–H groups in total. The van der Waals surface area contributed by atoms with Gasteiger partial charge in [0.1, 0.15) is 9.79 Å². The molecule has 10 heteroatoms.